The molecule has 0 amide bonds. The SMILES string of the molecule is O=C1C2=C(NC(=S)NC2c2cccc(F)c2)c2ccccc21. The Hall–Kier alpha value is -2.53. The van der Waals surface area contributed by atoms with Crippen molar-refractivity contribution >= 4 is 28.8 Å². The Bertz CT molecular complexity index is 859. The van der Waals surface area contributed by atoms with Crippen LogP contribution in [-0.4, -0.2) is 10.9 Å². The van der Waals surface area contributed by atoms with Crippen molar-refractivity contribution in [2.75, 3.05) is 0 Å². The van der Waals surface area contributed by atoms with Gasteiger partial charge in [0.15, 0.2) is 10.9 Å². The van der Waals surface area contributed by atoms with Crippen molar-refractivity contribution < 1.29 is 9.18 Å². The van der Waals surface area contributed by atoms with Crippen molar-refractivity contribution in [3.63, 3.8) is 0 Å². The molecule has 0 spiro atoms. The number of carbonyl (C=O) groups excluding carboxylic acids is 1. The average molecular weight is 310 g/mol. The fourth-order valence-electron chi connectivity index (χ4n) is 3.00. The summed E-state index contributed by atoms with van der Waals surface area (Å²) in [5.74, 6) is -0.392. The maximum absolute atomic E-state index is 13.5. The molecule has 1 unspecified atom stereocenters. The van der Waals surface area contributed by atoms with E-state index >= 15 is 0 Å². The lowest BCUT2D eigenvalue weighted by atomic mass is 9.94. The average Bonchev–Trinajstić information content (AvgIpc) is 2.80. The van der Waals surface area contributed by atoms with Gasteiger partial charge in [0.1, 0.15) is 5.82 Å². The van der Waals surface area contributed by atoms with E-state index in [-0.39, 0.29) is 11.6 Å². The summed E-state index contributed by atoms with van der Waals surface area (Å²) in [6.07, 6.45) is 0. The first-order valence-electron chi connectivity index (χ1n) is 6.86. The summed E-state index contributed by atoms with van der Waals surface area (Å²) in [7, 11) is 0. The van der Waals surface area contributed by atoms with Gasteiger partial charge in [-0.2, -0.15) is 0 Å². The Kier molecular flexibility index (Phi) is 2.84. The summed E-state index contributed by atoms with van der Waals surface area (Å²) in [5.41, 5.74) is 3.47. The van der Waals surface area contributed by atoms with Gasteiger partial charge in [0, 0.05) is 11.1 Å². The first kappa shape index (κ1) is 13.2. The molecule has 108 valence electrons. The molecule has 0 saturated heterocycles. The van der Waals surface area contributed by atoms with Gasteiger partial charge in [-0.1, -0.05) is 36.4 Å². The second-order valence-corrected chi connectivity index (χ2v) is 5.66. The van der Waals surface area contributed by atoms with Crippen molar-refractivity contribution in [3.05, 3.63) is 76.6 Å². The molecular weight excluding hydrogens is 299 g/mol. The number of halogens is 1. The number of fused-ring (bicyclic) bond motifs is 2. The van der Waals surface area contributed by atoms with Gasteiger partial charge in [-0.15, -0.1) is 0 Å². The van der Waals surface area contributed by atoms with E-state index in [1.54, 1.807) is 18.2 Å². The number of nitrogens with one attached hydrogen (secondary N) is 2. The van der Waals surface area contributed by atoms with E-state index in [1.165, 1.54) is 12.1 Å². The van der Waals surface area contributed by atoms with Crippen LogP contribution in [0, 0.1) is 5.82 Å². The third-order valence-corrected chi connectivity index (χ3v) is 4.16. The van der Waals surface area contributed by atoms with Gasteiger partial charge in [0.05, 0.1) is 17.3 Å². The van der Waals surface area contributed by atoms with Crippen molar-refractivity contribution in [1.29, 1.82) is 0 Å². The molecule has 5 heteroatoms. The van der Waals surface area contributed by atoms with Crippen molar-refractivity contribution in [3.8, 4) is 0 Å². The van der Waals surface area contributed by atoms with Crippen molar-refractivity contribution in [1.82, 2.24) is 10.6 Å². The predicted molar refractivity (Wildman–Crippen MR) is 85.7 cm³/mol. The summed E-state index contributed by atoms with van der Waals surface area (Å²) in [6.45, 7) is 0. The quantitative estimate of drug-likeness (QED) is 0.795. The molecule has 2 N–H and O–H groups in total. The highest BCUT2D eigenvalue weighted by Crippen LogP contribution is 2.39. The van der Waals surface area contributed by atoms with Crippen LogP contribution in [0.5, 0.6) is 0 Å². The Labute approximate surface area is 131 Å². The minimum absolute atomic E-state index is 0.0534. The molecule has 1 aliphatic carbocycles. The summed E-state index contributed by atoms with van der Waals surface area (Å²) in [5, 5.41) is 6.56. The van der Waals surface area contributed by atoms with E-state index < -0.39 is 6.04 Å². The standard InChI is InChI=1S/C17H11FN2OS/c18-10-5-3-4-9(8-10)14-13-15(20-17(22)19-14)11-6-1-2-7-12(11)16(13)21/h1-8,14H,(H2,19,20,22). The first-order chi connectivity index (χ1) is 10.6. The summed E-state index contributed by atoms with van der Waals surface area (Å²) in [6, 6.07) is 13.2. The number of thiocarbonyl (C=S) groups is 1. The van der Waals surface area contributed by atoms with E-state index in [2.05, 4.69) is 10.6 Å². The van der Waals surface area contributed by atoms with Crippen LogP contribution in [0.1, 0.15) is 27.5 Å². The van der Waals surface area contributed by atoms with Crippen LogP contribution in [0.2, 0.25) is 0 Å². The largest absolute Gasteiger partial charge is 0.351 e. The number of rotatable bonds is 1. The van der Waals surface area contributed by atoms with Crippen LogP contribution in [0.4, 0.5) is 4.39 Å². The summed E-state index contributed by atoms with van der Waals surface area (Å²) in [4.78, 5) is 12.7. The highest BCUT2D eigenvalue weighted by molar-refractivity contribution is 7.80. The molecule has 1 aliphatic heterocycles. The van der Waals surface area contributed by atoms with E-state index in [0.29, 0.717) is 21.8 Å². The van der Waals surface area contributed by atoms with Crippen LogP contribution in [-0.2, 0) is 0 Å². The van der Waals surface area contributed by atoms with Gasteiger partial charge < -0.3 is 10.6 Å². The lowest BCUT2D eigenvalue weighted by molar-refractivity contribution is 0.103. The van der Waals surface area contributed by atoms with Gasteiger partial charge in [0.25, 0.3) is 0 Å². The van der Waals surface area contributed by atoms with E-state index in [0.717, 1.165) is 11.3 Å². The zero-order chi connectivity index (χ0) is 15.3. The molecule has 1 atom stereocenters. The normalized spacial score (nSPS) is 19.4. The fraction of sp³-hybridized carbons (Fsp3) is 0.0588. The molecule has 2 aromatic carbocycles. The van der Waals surface area contributed by atoms with E-state index in [9.17, 15) is 9.18 Å². The Morgan fingerprint density at radius 2 is 1.82 bits per heavy atom. The lowest BCUT2D eigenvalue weighted by Crippen LogP contribution is -2.43. The third kappa shape index (κ3) is 1.86. The molecular formula is C17H11FN2OS. The topological polar surface area (TPSA) is 41.1 Å². The monoisotopic (exact) mass is 310 g/mol. The third-order valence-electron chi connectivity index (χ3n) is 3.94. The number of ketones is 1. The van der Waals surface area contributed by atoms with Crippen LogP contribution in [0.25, 0.3) is 5.70 Å². The minimum atomic E-state index is -0.445. The maximum atomic E-state index is 13.5. The van der Waals surface area contributed by atoms with E-state index in [1.807, 2.05) is 18.2 Å². The summed E-state index contributed by atoms with van der Waals surface area (Å²) >= 11 is 5.25. The fourth-order valence-corrected chi connectivity index (χ4v) is 3.22. The number of carbonyl (C=O) groups is 1. The molecule has 0 aromatic heterocycles. The molecule has 1 heterocycles. The van der Waals surface area contributed by atoms with Crippen molar-refractivity contribution in [2.24, 2.45) is 0 Å². The van der Waals surface area contributed by atoms with Crippen LogP contribution in [0.3, 0.4) is 0 Å². The second kappa shape index (κ2) is 4.74. The highest BCUT2D eigenvalue weighted by Gasteiger charge is 2.38. The molecule has 2 aromatic rings. The highest BCUT2D eigenvalue weighted by atomic mass is 32.1. The first-order valence-corrected chi connectivity index (χ1v) is 7.27. The Morgan fingerprint density at radius 3 is 2.59 bits per heavy atom. The van der Waals surface area contributed by atoms with Gasteiger partial charge in [-0.25, -0.2) is 4.39 Å². The Morgan fingerprint density at radius 1 is 1.05 bits per heavy atom. The second-order valence-electron chi connectivity index (χ2n) is 5.25. The molecule has 4 rings (SSSR count). The molecule has 3 nitrogen and oxygen atoms in total. The van der Waals surface area contributed by atoms with E-state index in [4.69, 9.17) is 12.2 Å². The smallest absolute Gasteiger partial charge is 0.194 e. The molecule has 0 fully saturated rings. The molecule has 2 aliphatic rings. The Balaban J connectivity index is 1.90. The number of Topliss-reactive ketones (excluding diaryl/α,β-unsaturated/α-hetero) is 1. The van der Waals surface area contributed by atoms with Gasteiger partial charge >= 0.3 is 0 Å². The predicted octanol–water partition coefficient (Wildman–Crippen LogP) is 2.95. The number of hydrogen-bond donors (Lipinski definition) is 2. The molecule has 0 radical (unpaired) electrons. The zero-order valence-electron chi connectivity index (χ0n) is 11.4. The zero-order valence-corrected chi connectivity index (χ0v) is 12.2. The van der Waals surface area contributed by atoms with Gasteiger partial charge in [-0.3, -0.25) is 4.79 Å². The van der Waals surface area contributed by atoms with Crippen molar-refractivity contribution in [2.45, 2.75) is 6.04 Å². The lowest BCUT2D eigenvalue weighted by Gasteiger charge is -2.28. The van der Waals surface area contributed by atoms with Gasteiger partial charge in [0.2, 0.25) is 0 Å². The summed E-state index contributed by atoms with van der Waals surface area (Å²) < 4.78 is 13.5. The van der Waals surface area contributed by atoms with Crippen LogP contribution in [0.15, 0.2) is 54.1 Å². The number of benzene rings is 2. The van der Waals surface area contributed by atoms with Crippen LogP contribution < -0.4 is 10.6 Å². The number of hydrogen-bond acceptors (Lipinski definition) is 2. The minimum Gasteiger partial charge on any atom is -0.351 e. The molecule has 0 bridgehead atoms. The van der Waals surface area contributed by atoms with Crippen LogP contribution >= 0.6 is 12.2 Å². The van der Waals surface area contributed by atoms with Gasteiger partial charge in [-0.05, 0) is 29.9 Å². The molecule has 0 saturated carbocycles. The maximum Gasteiger partial charge on any atom is 0.194 e. The molecule has 22 heavy (non-hydrogen) atoms.